The van der Waals surface area contributed by atoms with Crippen LogP contribution in [0.3, 0.4) is 0 Å². The summed E-state index contributed by atoms with van der Waals surface area (Å²) in [6.45, 7) is 10.0. The number of benzene rings is 3. The van der Waals surface area contributed by atoms with Gasteiger partial charge in [0, 0.05) is 48.8 Å². The number of carbonyl (C=O) groups excluding carboxylic acids is 1. The summed E-state index contributed by atoms with van der Waals surface area (Å²) < 4.78 is 41.3. The van der Waals surface area contributed by atoms with Gasteiger partial charge in [-0.25, -0.2) is 4.39 Å². The van der Waals surface area contributed by atoms with E-state index in [0.29, 0.717) is 46.7 Å². The number of hydrogen-bond donors (Lipinski definition) is 3. The number of allylic oxidation sites excluding steroid dienone is 1. The summed E-state index contributed by atoms with van der Waals surface area (Å²) in [5, 5.41) is 43.9. The zero-order valence-corrected chi connectivity index (χ0v) is 36.7. The molecule has 338 valence electrons. The maximum absolute atomic E-state index is 15.0. The van der Waals surface area contributed by atoms with Gasteiger partial charge >= 0.3 is 0 Å². The van der Waals surface area contributed by atoms with E-state index in [0.717, 1.165) is 36.8 Å². The van der Waals surface area contributed by atoms with Crippen molar-refractivity contribution in [2.45, 2.75) is 95.7 Å². The molecule has 6 atom stereocenters. The molecule has 3 aromatic carbocycles. The summed E-state index contributed by atoms with van der Waals surface area (Å²) in [6, 6.07) is 19.9. The molecule has 13 heteroatoms. The molecule has 3 aromatic rings. The van der Waals surface area contributed by atoms with E-state index in [4.69, 9.17) is 28.9 Å². The van der Waals surface area contributed by atoms with Gasteiger partial charge in [-0.05, 0) is 112 Å². The smallest absolute Gasteiger partial charge is 0.254 e. The minimum absolute atomic E-state index is 0.00938. The van der Waals surface area contributed by atoms with Crippen LogP contribution < -0.4 is 9.47 Å². The number of unbranched alkanes of at least 4 members (excludes halogenated alkanes) is 2. The molecule has 3 aliphatic rings. The molecule has 0 saturated heterocycles. The Labute approximate surface area is 370 Å². The first-order valence-electron chi connectivity index (χ1n) is 22.1. The van der Waals surface area contributed by atoms with Crippen molar-refractivity contribution in [3.63, 3.8) is 0 Å². The van der Waals surface area contributed by atoms with Gasteiger partial charge in [0.1, 0.15) is 35.6 Å². The van der Waals surface area contributed by atoms with Crippen LogP contribution in [0.25, 0.3) is 0 Å². The summed E-state index contributed by atoms with van der Waals surface area (Å²) in [4.78, 5) is 23.0. The van der Waals surface area contributed by atoms with E-state index < -0.39 is 23.3 Å². The van der Waals surface area contributed by atoms with Gasteiger partial charge in [0.2, 0.25) is 5.79 Å². The van der Waals surface area contributed by atoms with Gasteiger partial charge in [-0.2, -0.15) is 5.26 Å². The average Bonchev–Trinajstić information content (AvgIpc) is 3.28. The number of amides is 1. The van der Waals surface area contributed by atoms with Crippen LogP contribution in [0.5, 0.6) is 11.5 Å². The largest absolute Gasteiger partial charge is 0.489 e. The zero-order chi connectivity index (χ0) is 45.0. The van der Waals surface area contributed by atoms with Crippen LogP contribution >= 0.6 is 0 Å². The van der Waals surface area contributed by atoms with Gasteiger partial charge in [-0.15, -0.1) is 6.58 Å². The van der Waals surface area contributed by atoms with Crippen LogP contribution in [0.4, 0.5) is 4.39 Å². The quantitative estimate of drug-likeness (QED) is 0.0515. The van der Waals surface area contributed by atoms with Crippen molar-refractivity contribution in [3.8, 4) is 17.6 Å². The second-order valence-corrected chi connectivity index (χ2v) is 17.4. The minimum Gasteiger partial charge on any atom is -0.489 e. The highest BCUT2D eigenvalue weighted by Gasteiger charge is 2.65. The van der Waals surface area contributed by atoms with Crippen LogP contribution in [0.15, 0.2) is 96.2 Å². The fraction of sp³-hybridized carbons (Fsp3) is 0.500. The van der Waals surface area contributed by atoms with Crippen LogP contribution in [0.1, 0.15) is 98.7 Å². The monoisotopic (exact) mass is 867 g/mol. The van der Waals surface area contributed by atoms with Crippen LogP contribution in [0.2, 0.25) is 0 Å². The van der Waals surface area contributed by atoms with Gasteiger partial charge in [0.25, 0.3) is 5.91 Å². The number of nitriles is 1. The molecule has 0 aromatic heterocycles. The van der Waals surface area contributed by atoms with E-state index in [1.54, 1.807) is 59.5 Å². The third-order valence-electron chi connectivity index (χ3n) is 12.0. The summed E-state index contributed by atoms with van der Waals surface area (Å²) >= 11 is 0. The highest BCUT2D eigenvalue weighted by Crippen LogP contribution is 2.62. The number of aliphatic hydroxyl groups excluding tert-OH is 3. The van der Waals surface area contributed by atoms with E-state index in [1.807, 2.05) is 32.9 Å². The number of hydrogen-bond acceptors (Lipinski definition) is 11. The third kappa shape index (κ3) is 11.2. The third-order valence-corrected chi connectivity index (χ3v) is 12.0. The Morgan fingerprint density at radius 3 is 2.44 bits per heavy atom. The fourth-order valence-electron chi connectivity index (χ4n) is 9.29. The molecule has 12 nitrogen and oxygen atoms in total. The maximum Gasteiger partial charge on any atom is 0.254 e. The lowest BCUT2D eigenvalue weighted by Crippen LogP contribution is -2.70. The van der Waals surface area contributed by atoms with E-state index in [-0.39, 0.29) is 88.7 Å². The van der Waals surface area contributed by atoms with E-state index in [1.165, 1.54) is 6.07 Å². The Kier molecular flexibility index (Phi) is 16.5. The normalized spacial score (nSPS) is 23.1. The van der Waals surface area contributed by atoms with Gasteiger partial charge in [0.05, 0.1) is 49.7 Å². The van der Waals surface area contributed by atoms with Crippen LogP contribution in [-0.2, 0) is 20.9 Å². The van der Waals surface area contributed by atoms with E-state index >= 15 is 4.79 Å². The van der Waals surface area contributed by atoms with E-state index in [9.17, 15) is 25.0 Å². The first-order chi connectivity index (χ1) is 30.5. The second kappa shape index (κ2) is 22.0. The topological polar surface area (TPSA) is 163 Å². The first kappa shape index (κ1) is 47.4. The molecular weight excluding hydrogens is 806 g/mol. The van der Waals surface area contributed by atoms with Crippen molar-refractivity contribution < 1.29 is 48.3 Å². The molecule has 2 aliphatic carbocycles. The maximum atomic E-state index is 15.0. The second-order valence-electron chi connectivity index (χ2n) is 17.4. The average molecular weight is 868 g/mol. The molecule has 1 heterocycles. The summed E-state index contributed by atoms with van der Waals surface area (Å²) in [5.41, 5.74) is 2.89. The van der Waals surface area contributed by atoms with Crippen molar-refractivity contribution in [2.24, 2.45) is 22.9 Å². The Morgan fingerprint density at radius 2 is 1.76 bits per heavy atom. The molecular formula is C50H62FN3O9. The first-order valence-corrected chi connectivity index (χ1v) is 22.1. The van der Waals surface area contributed by atoms with Crippen LogP contribution in [-0.4, -0.2) is 95.5 Å². The lowest BCUT2D eigenvalue weighted by molar-refractivity contribution is -0.254. The zero-order valence-electron chi connectivity index (χ0n) is 36.7. The number of ether oxygens (including phenoxy) is 4. The number of carbonyl (C=O) groups is 1. The standard InChI is InChI=1S/C50H62FN3O9/c1-5-26-61-50-45(54(22-27-59-28-25-57)48(58)35-18-16-34(32-52)17-19-35)31-43(53-63-49(2,3)4)40-29-36(12-8-10-23-55)39(14-9-11-24-56)46(47(40)50)41-30-38(20-21-44(41)62-50)60-33-37-13-6-7-15-42(37)51/h5-7,13,15-21,29-30,36,39,45-47,55-57H,1,8-12,14,22-28,31,33H2,2-4H3/t36-,39+,45-,46+,47+,50+/m0/s1. The Hall–Kier alpha value is -5.10. The van der Waals surface area contributed by atoms with Gasteiger partial charge in [-0.3, -0.25) is 4.79 Å². The number of nitrogens with zero attached hydrogens (tertiary/aromatic N) is 3. The molecule has 0 radical (unpaired) electrons. The van der Waals surface area contributed by atoms with Gasteiger partial charge < -0.3 is 44.0 Å². The Bertz CT molecular complexity index is 2110. The molecule has 1 saturated carbocycles. The highest BCUT2D eigenvalue weighted by molar-refractivity contribution is 6.03. The molecule has 0 unspecified atom stereocenters. The van der Waals surface area contributed by atoms with Crippen molar-refractivity contribution in [2.75, 3.05) is 46.2 Å². The summed E-state index contributed by atoms with van der Waals surface area (Å²) in [5.74, 6) is -2.07. The number of halogens is 1. The van der Waals surface area contributed by atoms with Gasteiger partial charge in [0.15, 0.2) is 0 Å². The molecule has 1 amide bonds. The molecule has 1 fully saturated rings. The molecule has 0 spiro atoms. The lowest BCUT2D eigenvalue weighted by atomic mass is 9.55. The molecule has 6 rings (SSSR count). The lowest BCUT2D eigenvalue weighted by Gasteiger charge is -2.60. The SMILES string of the molecule is C=CCO[C@@]12Oc3ccc(OCc4ccccc4F)cc3[C@H]3[C@H](CCCCO)[C@@H](CCCCO)C=C(C(=NOC(C)(C)C)C[C@@H]1N(CCOCCO)C(=O)c1ccc(C#N)cc1)[C@H]32. The van der Waals surface area contributed by atoms with E-state index in [2.05, 4.69) is 18.7 Å². The predicted molar refractivity (Wildman–Crippen MR) is 237 cm³/mol. The number of oxime groups is 1. The van der Waals surface area contributed by atoms with Gasteiger partial charge in [-0.1, -0.05) is 48.3 Å². The molecule has 3 N–H and O–H groups in total. The fourth-order valence-corrected chi connectivity index (χ4v) is 9.29. The molecule has 63 heavy (non-hydrogen) atoms. The minimum atomic E-state index is -1.53. The number of rotatable bonds is 22. The van der Waals surface area contributed by atoms with Crippen molar-refractivity contribution in [1.82, 2.24) is 4.90 Å². The Morgan fingerprint density at radius 1 is 1.02 bits per heavy atom. The number of fused-ring (bicyclic) bond motifs is 2. The summed E-state index contributed by atoms with van der Waals surface area (Å²) in [6.07, 6.45) is 8.39. The predicted octanol–water partition coefficient (Wildman–Crippen LogP) is 7.86. The van der Waals surface area contributed by atoms with Crippen LogP contribution in [0, 0.1) is 34.9 Å². The highest BCUT2D eigenvalue weighted by atomic mass is 19.1. The summed E-state index contributed by atoms with van der Waals surface area (Å²) in [7, 11) is 0. The van der Waals surface area contributed by atoms with Crippen molar-refractivity contribution >= 4 is 11.6 Å². The molecule has 0 bridgehead atoms. The molecule has 1 aliphatic heterocycles. The van der Waals surface area contributed by atoms with Crippen molar-refractivity contribution in [1.29, 1.82) is 5.26 Å². The Balaban J connectivity index is 1.60. The van der Waals surface area contributed by atoms with Crippen molar-refractivity contribution in [3.05, 3.63) is 119 Å². The number of aliphatic hydroxyl groups is 3.